The van der Waals surface area contributed by atoms with Gasteiger partial charge in [0.2, 0.25) is 0 Å². The molecule has 2 aromatic heterocycles. The smallest absolute Gasteiger partial charge is 0.341 e. The van der Waals surface area contributed by atoms with E-state index in [9.17, 15) is 14.9 Å². The second-order valence-electron chi connectivity index (χ2n) is 7.91. The zero-order chi connectivity index (χ0) is 25.7. The van der Waals surface area contributed by atoms with Gasteiger partial charge < -0.3 is 10.1 Å². The van der Waals surface area contributed by atoms with E-state index in [2.05, 4.69) is 5.32 Å². The van der Waals surface area contributed by atoms with E-state index < -0.39 is 11.9 Å². The number of ether oxygens (including phenoxy) is 1. The predicted octanol–water partition coefficient (Wildman–Crippen LogP) is 5.94. The summed E-state index contributed by atoms with van der Waals surface area (Å²) in [5.74, 6) is -1.12. The van der Waals surface area contributed by atoms with Crippen molar-refractivity contribution in [3.05, 3.63) is 94.0 Å². The van der Waals surface area contributed by atoms with Crippen molar-refractivity contribution in [1.29, 1.82) is 5.26 Å². The van der Waals surface area contributed by atoms with E-state index in [1.807, 2.05) is 73.7 Å². The van der Waals surface area contributed by atoms with Crippen LogP contribution in [0.15, 0.2) is 72.4 Å². The quantitative estimate of drug-likeness (QED) is 0.194. The number of para-hydroxylation sites is 1. The molecule has 0 aliphatic heterocycles. The third-order valence-corrected chi connectivity index (χ3v) is 6.69. The number of carbonyl (C=O) groups excluding carboxylic acids is 2. The van der Waals surface area contributed by atoms with Crippen molar-refractivity contribution in [2.45, 2.75) is 20.8 Å². The lowest BCUT2D eigenvalue weighted by molar-refractivity contribution is -0.112. The Kier molecular flexibility index (Phi) is 7.42. The van der Waals surface area contributed by atoms with E-state index in [4.69, 9.17) is 9.84 Å². The van der Waals surface area contributed by atoms with Gasteiger partial charge in [-0.3, -0.25) is 4.79 Å². The minimum Gasteiger partial charge on any atom is -0.462 e. The van der Waals surface area contributed by atoms with E-state index in [0.29, 0.717) is 21.8 Å². The molecule has 8 heteroatoms. The third-order valence-electron chi connectivity index (χ3n) is 5.57. The van der Waals surface area contributed by atoms with E-state index in [-0.39, 0.29) is 12.2 Å². The molecule has 36 heavy (non-hydrogen) atoms. The summed E-state index contributed by atoms with van der Waals surface area (Å²) in [6.45, 7) is 5.61. The van der Waals surface area contributed by atoms with Gasteiger partial charge in [-0.25, -0.2) is 9.48 Å². The van der Waals surface area contributed by atoms with Crippen LogP contribution in [0.25, 0.3) is 23.0 Å². The third kappa shape index (κ3) is 5.11. The highest BCUT2D eigenvalue weighted by Crippen LogP contribution is 2.33. The van der Waals surface area contributed by atoms with Gasteiger partial charge in [-0.15, -0.1) is 11.3 Å². The standard InChI is InChI=1S/C28H24N4O3S/c1-4-35-28(34)24-18(2)19(3)36-27(24)30-26(33)21(16-29)15-22-17-32(23-13-9-6-10-14-23)31-25(22)20-11-7-5-8-12-20/h5-15,17H,4H2,1-3H3,(H,30,33)/b21-15+. The maximum Gasteiger partial charge on any atom is 0.341 e. The van der Waals surface area contributed by atoms with Crippen molar-refractivity contribution in [3.8, 4) is 23.0 Å². The predicted molar refractivity (Wildman–Crippen MR) is 141 cm³/mol. The van der Waals surface area contributed by atoms with Gasteiger partial charge in [-0.1, -0.05) is 48.5 Å². The normalized spacial score (nSPS) is 11.1. The van der Waals surface area contributed by atoms with Crippen LogP contribution < -0.4 is 5.32 Å². The molecule has 180 valence electrons. The molecule has 0 aliphatic carbocycles. The summed E-state index contributed by atoms with van der Waals surface area (Å²) < 4.78 is 6.88. The molecule has 0 bridgehead atoms. The van der Waals surface area contributed by atoms with Crippen LogP contribution in [0.2, 0.25) is 0 Å². The number of rotatable bonds is 7. The molecule has 0 saturated carbocycles. The number of benzene rings is 2. The molecule has 0 atom stereocenters. The minimum atomic E-state index is -0.615. The highest BCUT2D eigenvalue weighted by molar-refractivity contribution is 7.16. The maximum absolute atomic E-state index is 13.2. The van der Waals surface area contributed by atoms with Crippen molar-refractivity contribution in [2.24, 2.45) is 0 Å². The van der Waals surface area contributed by atoms with Gasteiger partial charge in [0.05, 0.1) is 23.6 Å². The number of esters is 1. The van der Waals surface area contributed by atoms with Gasteiger partial charge in [0, 0.05) is 22.2 Å². The van der Waals surface area contributed by atoms with Gasteiger partial charge in [-0.2, -0.15) is 10.4 Å². The highest BCUT2D eigenvalue weighted by Gasteiger charge is 2.23. The Labute approximate surface area is 213 Å². The summed E-state index contributed by atoms with van der Waals surface area (Å²) in [5, 5.41) is 17.7. The number of amides is 1. The lowest BCUT2D eigenvalue weighted by atomic mass is 10.1. The SMILES string of the molecule is CCOC(=O)c1c(NC(=O)/C(C#N)=C/c2cn(-c3ccccc3)nc2-c2ccccc2)sc(C)c1C. The summed E-state index contributed by atoms with van der Waals surface area (Å²) in [6, 6.07) is 21.1. The zero-order valence-corrected chi connectivity index (χ0v) is 20.9. The molecular weight excluding hydrogens is 472 g/mol. The molecular formula is C28H24N4O3S. The molecule has 1 amide bonds. The van der Waals surface area contributed by atoms with Gasteiger partial charge >= 0.3 is 5.97 Å². The summed E-state index contributed by atoms with van der Waals surface area (Å²) in [7, 11) is 0. The second kappa shape index (κ2) is 10.8. The number of aryl methyl sites for hydroxylation is 1. The monoisotopic (exact) mass is 496 g/mol. The zero-order valence-electron chi connectivity index (χ0n) is 20.1. The van der Waals surface area contributed by atoms with Crippen LogP contribution in [0.3, 0.4) is 0 Å². The van der Waals surface area contributed by atoms with Gasteiger partial charge in [0.25, 0.3) is 5.91 Å². The molecule has 0 aliphatic rings. The lowest BCUT2D eigenvalue weighted by Crippen LogP contribution is -2.16. The number of thiophene rings is 1. The summed E-state index contributed by atoms with van der Waals surface area (Å²) in [4.78, 5) is 26.5. The number of anilines is 1. The molecule has 0 spiro atoms. The van der Waals surface area contributed by atoms with Crippen LogP contribution in [0.4, 0.5) is 5.00 Å². The van der Waals surface area contributed by atoms with Crippen LogP contribution in [-0.4, -0.2) is 28.3 Å². The summed E-state index contributed by atoms with van der Waals surface area (Å²) >= 11 is 1.27. The van der Waals surface area contributed by atoms with E-state index >= 15 is 0 Å². The fourth-order valence-electron chi connectivity index (χ4n) is 3.66. The largest absolute Gasteiger partial charge is 0.462 e. The number of hydrogen-bond donors (Lipinski definition) is 1. The fourth-order valence-corrected chi connectivity index (χ4v) is 4.71. The van der Waals surface area contributed by atoms with Crippen LogP contribution in [0.5, 0.6) is 0 Å². The molecule has 0 fully saturated rings. The fraction of sp³-hybridized carbons (Fsp3) is 0.143. The van der Waals surface area contributed by atoms with E-state index in [1.54, 1.807) is 24.7 Å². The van der Waals surface area contributed by atoms with Gasteiger partial charge in [0.1, 0.15) is 16.6 Å². The molecule has 0 radical (unpaired) electrons. The van der Waals surface area contributed by atoms with Gasteiger partial charge in [0.15, 0.2) is 0 Å². The molecule has 4 aromatic rings. The average molecular weight is 497 g/mol. The highest BCUT2D eigenvalue weighted by atomic mass is 32.1. The van der Waals surface area contributed by atoms with Gasteiger partial charge in [-0.05, 0) is 44.5 Å². The van der Waals surface area contributed by atoms with Crippen molar-refractivity contribution < 1.29 is 14.3 Å². The first kappa shape index (κ1) is 24.6. The van der Waals surface area contributed by atoms with Crippen molar-refractivity contribution in [2.75, 3.05) is 11.9 Å². The van der Waals surface area contributed by atoms with Crippen LogP contribution in [-0.2, 0) is 9.53 Å². The van der Waals surface area contributed by atoms with Crippen LogP contribution >= 0.6 is 11.3 Å². The number of aromatic nitrogens is 2. The molecule has 7 nitrogen and oxygen atoms in total. The molecule has 0 unspecified atom stereocenters. The number of hydrogen-bond acceptors (Lipinski definition) is 6. The Balaban J connectivity index is 1.73. The molecule has 0 saturated heterocycles. The first-order valence-corrected chi connectivity index (χ1v) is 12.1. The Morgan fingerprint density at radius 2 is 1.78 bits per heavy atom. The Morgan fingerprint density at radius 3 is 2.42 bits per heavy atom. The molecule has 2 heterocycles. The second-order valence-corrected chi connectivity index (χ2v) is 9.14. The molecule has 1 N–H and O–H groups in total. The minimum absolute atomic E-state index is 0.113. The summed E-state index contributed by atoms with van der Waals surface area (Å²) in [5.41, 5.74) is 3.89. The number of nitrogens with one attached hydrogen (secondary N) is 1. The lowest BCUT2D eigenvalue weighted by Gasteiger charge is -2.07. The van der Waals surface area contributed by atoms with Crippen molar-refractivity contribution >= 4 is 34.3 Å². The molecule has 4 rings (SSSR count). The Morgan fingerprint density at radius 1 is 1.11 bits per heavy atom. The topological polar surface area (TPSA) is 97.0 Å². The number of nitriles is 1. The van der Waals surface area contributed by atoms with E-state index in [1.165, 1.54) is 17.4 Å². The van der Waals surface area contributed by atoms with E-state index in [0.717, 1.165) is 21.7 Å². The maximum atomic E-state index is 13.2. The van der Waals surface area contributed by atoms with Crippen molar-refractivity contribution in [1.82, 2.24) is 9.78 Å². The molecule has 2 aromatic carbocycles. The number of carbonyl (C=O) groups is 2. The average Bonchev–Trinajstić information content (AvgIpc) is 3.44. The van der Waals surface area contributed by atoms with Crippen LogP contribution in [0, 0.1) is 25.2 Å². The van der Waals surface area contributed by atoms with Crippen molar-refractivity contribution in [3.63, 3.8) is 0 Å². The Hall–Kier alpha value is -4.48. The first-order valence-electron chi connectivity index (χ1n) is 11.3. The Bertz CT molecular complexity index is 1480. The first-order chi connectivity index (χ1) is 17.4. The van der Waals surface area contributed by atoms with Crippen LogP contribution in [0.1, 0.15) is 33.3 Å². The summed E-state index contributed by atoms with van der Waals surface area (Å²) in [6.07, 6.45) is 3.30. The number of nitrogens with zero attached hydrogens (tertiary/aromatic N) is 3.